The Morgan fingerprint density at radius 3 is 2.04 bits per heavy atom. The van der Waals surface area contributed by atoms with E-state index in [2.05, 4.69) is 67.8 Å². The molecular weight excluding hydrogens is 363 g/mol. The van der Waals surface area contributed by atoms with Crippen LogP contribution in [0.3, 0.4) is 0 Å². The maximum atomic E-state index is 8.93. The van der Waals surface area contributed by atoms with Gasteiger partial charge in [-0.2, -0.15) is 23.6 Å². The standard InChI is InChI=1S/C9H7.C5H5.2C2H5O.C2H4.Zr/c1-2-5-9-7-3-6-8(9)4-1;1-2-4-5-3-1;2*1-2-3;1-2;/h1-7H;1-3H,4H2;2*2H2,1H3;1-2H2;/q4*-1;;+4. The predicted octanol–water partition coefficient (Wildman–Crippen LogP) is 3.40. The first kappa shape index (κ1) is 26.7. The number of hydrogen-bond donors (Lipinski definition) is 0. The first-order valence-corrected chi connectivity index (χ1v) is 7.28. The molecule has 0 atom stereocenters. The van der Waals surface area contributed by atoms with Gasteiger partial charge in [-0.15, -0.1) is 62.4 Å². The molecule has 0 unspecified atom stereocenters. The van der Waals surface area contributed by atoms with Crippen LogP contribution in [0, 0.1) is 6.08 Å². The number of allylic oxidation sites excluding steroid dienone is 4. The minimum Gasteiger partial charge on any atom is -0.855 e. The van der Waals surface area contributed by atoms with E-state index >= 15 is 0 Å². The number of hydrogen-bond acceptors (Lipinski definition) is 2. The summed E-state index contributed by atoms with van der Waals surface area (Å²) in [5, 5.41) is 20.5. The molecule has 1 aliphatic rings. The van der Waals surface area contributed by atoms with E-state index in [1.54, 1.807) is 13.8 Å². The molecule has 0 fully saturated rings. The minimum atomic E-state index is 0. The summed E-state index contributed by atoms with van der Waals surface area (Å²) >= 11 is 0. The van der Waals surface area contributed by atoms with E-state index in [0.717, 1.165) is 6.42 Å². The van der Waals surface area contributed by atoms with Gasteiger partial charge in [-0.3, -0.25) is 6.08 Å². The van der Waals surface area contributed by atoms with E-state index in [1.807, 2.05) is 12.2 Å². The molecule has 0 saturated heterocycles. The zero-order valence-corrected chi connectivity index (χ0v) is 16.6. The summed E-state index contributed by atoms with van der Waals surface area (Å²) in [6.45, 7) is 9.14. The first-order chi connectivity index (χ1) is 10.8. The van der Waals surface area contributed by atoms with Crippen LogP contribution in [0.5, 0.6) is 0 Å². The van der Waals surface area contributed by atoms with Crippen LogP contribution in [-0.2, 0) is 26.2 Å². The SMILES string of the molecule is C=C.CC[O-].CC[O-].[C-]1=CC=CC1.[Zr+4].c1ccc2[cH-]ccc2c1. The Labute approximate surface area is 160 Å². The smallest absolute Gasteiger partial charge is 0.855 e. The van der Waals surface area contributed by atoms with Crippen molar-refractivity contribution in [2.75, 3.05) is 13.2 Å². The molecule has 0 spiro atoms. The molecular formula is C20H26O2Zr. The predicted molar refractivity (Wildman–Crippen MR) is 93.4 cm³/mol. The van der Waals surface area contributed by atoms with Crippen molar-refractivity contribution < 1.29 is 36.4 Å². The third-order valence-corrected chi connectivity index (χ3v) is 2.13. The molecule has 0 aromatic heterocycles. The van der Waals surface area contributed by atoms with Gasteiger partial charge >= 0.3 is 26.2 Å². The molecule has 0 heterocycles. The fourth-order valence-corrected chi connectivity index (χ4v) is 1.41. The molecule has 0 aliphatic heterocycles. The summed E-state index contributed by atoms with van der Waals surface area (Å²) in [5.74, 6) is 0. The van der Waals surface area contributed by atoms with E-state index in [1.165, 1.54) is 10.8 Å². The molecule has 3 rings (SSSR count). The molecule has 2 aromatic rings. The average Bonchev–Trinajstić information content (AvgIpc) is 3.25. The molecule has 0 radical (unpaired) electrons. The van der Waals surface area contributed by atoms with Crippen molar-refractivity contribution in [3.63, 3.8) is 0 Å². The van der Waals surface area contributed by atoms with Gasteiger partial charge in [-0.1, -0.05) is 19.9 Å². The fraction of sp³-hybridized carbons (Fsp3) is 0.250. The van der Waals surface area contributed by atoms with Gasteiger partial charge in [0.1, 0.15) is 0 Å². The maximum Gasteiger partial charge on any atom is 4.00 e. The second-order valence-corrected chi connectivity index (χ2v) is 3.74. The monoisotopic (exact) mass is 388 g/mol. The van der Waals surface area contributed by atoms with Crippen LogP contribution in [-0.4, -0.2) is 13.2 Å². The molecule has 23 heavy (non-hydrogen) atoms. The third kappa shape index (κ3) is 17.0. The van der Waals surface area contributed by atoms with Gasteiger partial charge < -0.3 is 10.2 Å². The third-order valence-electron chi connectivity index (χ3n) is 2.13. The number of fused-ring (bicyclic) bond motifs is 1. The van der Waals surface area contributed by atoms with Crippen molar-refractivity contribution in [2.24, 2.45) is 0 Å². The van der Waals surface area contributed by atoms with Crippen molar-refractivity contribution in [1.82, 2.24) is 0 Å². The summed E-state index contributed by atoms with van der Waals surface area (Å²) in [5.41, 5.74) is 0. The van der Waals surface area contributed by atoms with Gasteiger partial charge in [0, 0.05) is 0 Å². The van der Waals surface area contributed by atoms with E-state index in [-0.39, 0.29) is 39.4 Å². The number of benzene rings is 1. The summed E-state index contributed by atoms with van der Waals surface area (Å²) < 4.78 is 0. The first-order valence-electron chi connectivity index (χ1n) is 7.28. The Bertz CT molecular complexity index is 459. The Morgan fingerprint density at radius 2 is 1.65 bits per heavy atom. The van der Waals surface area contributed by atoms with Crippen LogP contribution in [0.4, 0.5) is 0 Å². The molecule has 0 amide bonds. The van der Waals surface area contributed by atoms with Crippen LogP contribution >= 0.6 is 0 Å². The molecule has 2 aromatic carbocycles. The van der Waals surface area contributed by atoms with Gasteiger partial charge in [-0.05, 0) is 0 Å². The zero-order valence-electron chi connectivity index (χ0n) is 14.1. The second kappa shape index (κ2) is 23.1. The Hall–Kier alpha value is -1.15. The van der Waals surface area contributed by atoms with Crippen molar-refractivity contribution in [1.29, 1.82) is 0 Å². The van der Waals surface area contributed by atoms with Gasteiger partial charge in [0.05, 0.1) is 0 Å². The molecule has 2 nitrogen and oxygen atoms in total. The van der Waals surface area contributed by atoms with Gasteiger partial charge in [-0.25, -0.2) is 12.2 Å². The molecule has 3 heteroatoms. The Balaban J connectivity index is -0.000000248. The van der Waals surface area contributed by atoms with Crippen LogP contribution < -0.4 is 10.2 Å². The van der Waals surface area contributed by atoms with Crippen LogP contribution in [0.25, 0.3) is 10.8 Å². The van der Waals surface area contributed by atoms with Crippen molar-refractivity contribution in [3.8, 4) is 0 Å². The summed E-state index contributed by atoms with van der Waals surface area (Å²) in [6, 6.07) is 14.7. The van der Waals surface area contributed by atoms with E-state index in [4.69, 9.17) is 10.2 Å². The largest absolute Gasteiger partial charge is 4.00 e. The topological polar surface area (TPSA) is 46.1 Å². The van der Waals surface area contributed by atoms with E-state index in [0.29, 0.717) is 0 Å². The maximum absolute atomic E-state index is 8.93. The average molecular weight is 390 g/mol. The van der Waals surface area contributed by atoms with Gasteiger partial charge in [0.25, 0.3) is 0 Å². The van der Waals surface area contributed by atoms with E-state index < -0.39 is 0 Å². The molecule has 0 saturated carbocycles. The fourth-order valence-electron chi connectivity index (χ4n) is 1.41. The Kier molecular flexibility index (Phi) is 26.9. The van der Waals surface area contributed by atoms with Gasteiger partial charge in [0.2, 0.25) is 0 Å². The summed E-state index contributed by atoms with van der Waals surface area (Å²) in [6.07, 6.45) is 10.0. The van der Waals surface area contributed by atoms with Crippen molar-refractivity contribution in [3.05, 3.63) is 79.9 Å². The summed E-state index contributed by atoms with van der Waals surface area (Å²) in [4.78, 5) is 0. The molecule has 122 valence electrons. The summed E-state index contributed by atoms with van der Waals surface area (Å²) in [7, 11) is 0. The minimum absolute atomic E-state index is 0. The number of rotatable bonds is 0. The van der Waals surface area contributed by atoms with Crippen LogP contribution in [0.2, 0.25) is 0 Å². The molecule has 1 aliphatic carbocycles. The molecule has 0 N–H and O–H groups in total. The quantitative estimate of drug-likeness (QED) is 0.512. The van der Waals surface area contributed by atoms with Crippen molar-refractivity contribution >= 4 is 10.8 Å². The van der Waals surface area contributed by atoms with Crippen LogP contribution in [0.15, 0.2) is 73.9 Å². The van der Waals surface area contributed by atoms with Gasteiger partial charge in [0.15, 0.2) is 0 Å². The Morgan fingerprint density at radius 1 is 1.09 bits per heavy atom. The normalized spacial score (nSPS) is 9.57. The molecule has 0 bridgehead atoms. The van der Waals surface area contributed by atoms with E-state index in [9.17, 15) is 0 Å². The van der Waals surface area contributed by atoms with Crippen LogP contribution in [0.1, 0.15) is 20.3 Å². The zero-order chi connectivity index (χ0) is 17.1. The second-order valence-electron chi connectivity index (χ2n) is 3.74. The van der Waals surface area contributed by atoms with Crippen molar-refractivity contribution in [2.45, 2.75) is 20.3 Å².